The minimum Gasteiger partial charge on any atom is -0.467 e. The molecule has 0 fully saturated rings. The van der Waals surface area contributed by atoms with E-state index in [4.69, 9.17) is 8.83 Å². The van der Waals surface area contributed by atoms with Gasteiger partial charge in [0.05, 0.1) is 19.1 Å². The Balaban J connectivity index is 1.82. The number of hydrogen-bond acceptors (Lipinski definition) is 5. The van der Waals surface area contributed by atoms with Crippen LogP contribution in [0, 0.1) is 0 Å². The van der Waals surface area contributed by atoms with Gasteiger partial charge in [-0.1, -0.05) is 0 Å². The molecule has 0 aliphatic rings. The van der Waals surface area contributed by atoms with Crippen LogP contribution in [0.1, 0.15) is 18.4 Å². The second kappa shape index (κ2) is 6.37. The molecule has 2 heterocycles. The van der Waals surface area contributed by atoms with Crippen LogP contribution in [0.3, 0.4) is 0 Å². The number of carbonyl (C=O) groups is 2. The second-order valence-electron chi connectivity index (χ2n) is 3.88. The van der Waals surface area contributed by atoms with E-state index in [0.717, 1.165) is 0 Å². The molecule has 7 heteroatoms. The van der Waals surface area contributed by atoms with Gasteiger partial charge in [-0.05, 0) is 31.2 Å². The maximum atomic E-state index is 11.5. The first-order chi connectivity index (χ1) is 9.66. The van der Waals surface area contributed by atoms with Crippen molar-refractivity contribution >= 4 is 17.5 Å². The molecule has 0 radical (unpaired) electrons. The van der Waals surface area contributed by atoms with E-state index in [0.29, 0.717) is 17.2 Å². The minimum atomic E-state index is -0.859. The molecular weight excluding hydrogens is 262 g/mol. The van der Waals surface area contributed by atoms with E-state index < -0.39 is 11.8 Å². The van der Waals surface area contributed by atoms with Crippen molar-refractivity contribution in [3.05, 3.63) is 48.3 Å². The average Bonchev–Trinajstić information content (AvgIpc) is 3.13. The lowest BCUT2D eigenvalue weighted by Crippen LogP contribution is -2.37. The predicted molar refractivity (Wildman–Crippen MR) is 69.6 cm³/mol. The number of nitrogens with zero attached hydrogens (tertiary/aromatic N) is 1. The highest BCUT2D eigenvalue weighted by atomic mass is 16.3. The van der Waals surface area contributed by atoms with Crippen molar-refractivity contribution in [3.63, 3.8) is 0 Å². The topological polar surface area (TPSA) is 96.8 Å². The van der Waals surface area contributed by atoms with Gasteiger partial charge in [0.2, 0.25) is 0 Å². The highest BCUT2D eigenvalue weighted by molar-refractivity contribution is 6.35. The zero-order chi connectivity index (χ0) is 14.4. The molecule has 0 unspecified atom stereocenters. The second-order valence-corrected chi connectivity index (χ2v) is 3.88. The Morgan fingerprint density at radius 2 is 1.90 bits per heavy atom. The summed E-state index contributed by atoms with van der Waals surface area (Å²) in [5.41, 5.74) is 2.61. The number of carbonyl (C=O) groups excluding carboxylic acids is 2. The quantitative estimate of drug-likeness (QED) is 0.494. The maximum Gasteiger partial charge on any atom is 0.329 e. The van der Waals surface area contributed by atoms with E-state index in [1.54, 1.807) is 31.2 Å². The van der Waals surface area contributed by atoms with Gasteiger partial charge < -0.3 is 14.2 Å². The molecule has 0 aromatic carbocycles. The van der Waals surface area contributed by atoms with Gasteiger partial charge in [-0.2, -0.15) is 5.10 Å². The number of rotatable bonds is 4. The predicted octanol–water partition coefficient (Wildman–Crippen LogP) is 1.03. The van der Waals surface area contributed by atoms with E-state index >= 15 is 0 Å². The van der Waals surface area contributed by atoms with Gasteiger partial charge in [0, 0.05) is 0 Å². The summed E-state index contributed by atoms with van der Waals surface area (Å²) < 4.78 is 10.1. The van der Waals surface area contributed by atoms with Crippen molar-refractivity contribution in [1.82, 2.24) is 10.7 Å². The van der Waals surface area contributed by atoms with Crippen molar-refractivity contribution in [2.45, 2.75) is 13.5 Å². The Morgan fingerprint density at radius 3 is 2.55 bits per heavy atom. The van der Waals surface area contributed by atoms with Gasteiger partial charge in [0.15, 0.2) is 0 Å². The van der Waals surface area contributed by atoms with Gasteiger partial charge >= 0.3 is 11.8 Å². The van der Waals surface area contributed by atoms with Gasteiger partial charge in [-0.3, -0.25) is 9.59 Å². The van der Waals surface area contributed by atoms with Crippen LogP contribution in [0.4, 0.5) is 0 Å². The van der Waals surface area contributed by atoms with E-state index in [1.807, 2.05) is 0 Å². The fourth-order valence-electron chi connectivity index (χ4n) is 1.39. The molecule has 0 aliphatic heterocycles. The van der Waals surface area contributed by atoms with Crippen LogP contribution in [-0.4, -0.2) is 17.5 Å². The van der Waals surface area contributed by atoms with Gasteiger partial charge in [0.1, 0.15) is 17.2 Å². The summed E-state index contributed by atoms with van der Waals surface area (Å²) in [5, 5.41) is 6.18. The van der Waals surface area contributed by atoms with Gasteiger partial charge in [-0.25, -0.2) is 5.43 Å². The van der Waals surface area contributed by atoms with Gasteiger partial charge in [0.25, 0.3) is 0 Å². The summed E-state index contributed by atoms with van der Waals surface area (Å²) in [6, 6.07) is 6.78. The zero-order valence-corrected chi connectivity index (χ0v) is 10.8. The molecule has 2 aromatic rings. The number of furan rings is 2. The highest BCUT2D eigenvalue weighted by Gasteiger charge is 2.13. The molecule has 0 aliphatic carbocycles. The third-order valence-electron chi connectivity index (χ3n) is 2.41. The third kappa shape index (κ3) is 3.58. The normalized spacial score (nSPS) is 11.2. The largest absolute Gasteiger partial charge is 0.467 e. The van der Waals surface area contributed by atoms with Crippen LogP contribution in [0.2, 0.25) is 0 Å². The van der Waals surface area contributed by atoms with Crippen molar-refractivity contribution < 1.29 is 18.4 Å². The monoisotopic (exact) mass is 275 g/mol. The summed E-state index contributed by atoms with van der Waals surface area (Å²) in [6.07, 6.45) is 2.98. The first-order valence-corrected chi connectivity index (χ1v) is 5.85. The molecule has 0 saturated carbocycles. The summed E-state index contributed by atoms with van der Waals surface area (Å²) in [7, 11) is 0. The summed E-state index contributed by atoms with van der Waals surface area (Å²) in [5.74, 6) is -0.581. The fourth-order valence-corrected chi connectivity index (χ4v) is 1.39. The van der Waals surface area contributed by atoms with E-state index in [9.17, 15) is 9.59 Å². The third-order valence-corrected chi connectivity index (χ3v) is 2.41. The molecule has 2 N–H and O–H groups in total. The molecule has 7 nitrogen and oxygen atoms in total. The number of hydrogen-bond donors (Lipinski definition) is 2. The van der Waals surface area contributed by atoms with E-state index in [1.165, 1.54) is 12.5 Å². The van der Waals surface area contributed by atoms with Crippen LogP contribution in [0.5, 0.6) is 0 Å². The SMILES string of the molecule is C/C(=N\NC(=O)C(=O)NCc1ccco1)c1ccco1. The molecular formula is C13H13N3O4. The lowest BCUT2D eigenvalue weighted by molar-refractivity contribution is -0.139. The highest BCUT2D eigenvalue weighted by Crippen LogP contribution is 2.01. The number of hydrazone groups is 1. The van der Waals surface area contributed by atoms with Crippen molar-refractivity contribution in [2.75, 3.05) is 0 Å². The number of nitrogens with one attached hydrogen (secondary N) is 2. The van der Waals surface area contributed by atoms with Crippen molar-refractivity contribution in [2.24, 2.45) is 5.10 Å². The first-order valence-electron chi connectivity index (χ1n) is 5.85. The van der Waals surface area contributed by atoms with Crippen LogP contribution < -0.4 is 10.7 Å². The minimum absolute atomic E-state index is 0.139. The van der Waals surface area contributed by atoms with Gasteiger partial charge in [-0.15, -0.1) is 0 Å². The Bertz CT molecular complexity index is 600. The van der Waals surface area contributed by atoms with Crippen LogP contribution in [-0.2, 0) is 16.1 Å². The maximum absolute atomic E-state index is 11.5. The average molecular weight is 275 g/mol. The lowest BCUT2D eigenvalue weighted by atomic mass is 10.3. The molecule has 0 atom stereocenters. The van der Waals surface area contributed by atoms with Crippen LogP contribution in [0.25, 0.3) is 0 Å². The van der Waals surface area contributed by atoms with Crippen molar-refractivity contribution in [1.29, 1.82) is 0 Å². The smallest absolute Gasteiger partial charge is 0.329 e. The molecule has 0 saturated heterocycles. The zero-order valence-electron chi connectivity index (χ0n) is 10.8. The molecule has 2 rings (SSSR count). The van der Waals surface area contributed by atoms with E-state index in [2.05, 4.69) is 15.8 Å². The Morgan fingerprint density at radius 1 is 1.15 bits per heavy atom. The lowest BCUT2D eigenvalue weighted by Gasteiger charge is -2.02. The molecule has 2 amide bonds. The van der Waals surface area contributed by atoms with Crippen molar-refractivity contribution in [3.8, 4) is 0 Å². The molecule has 0 bridgehead atoms. The standard InChI is InChI=1S/C13H13N3O4/c1-9(11-5-3-7-20-11)15-16-13(18)12(17)14-8-10-4-2-6-19-10/h2-7H,8H2,1H3,(H,14,17)(H,16,18)/b15-9+. The summed E-state index contributed by atoms with van der Waals surface area (Å²) in [6.45, 7) is 1.79. The van der Waals surface area contributed by atoms with E-state index in [-0.39, 0.29) is 6.54 Å². The van der Waals surface area contributed by atoms with Crippen LogP contribution in [0.15, 0.2) is 50.7 Å². The fraction of sp³-hybridized carbons (Fsp3) is 0.154. The molecule has 2 aromatic heterocycles. The summed E-state index contributed by atoms with van der Waals surface area (Å²) >= 11 is 0. The Labute approximate surface area is 114 Å². The number of amides is 2. The molecule has 104 valence electrons. The first kappa shape index (κ1) is 13.6. The Hall–Kier alpha value is -2.83. The molecule has 20 heavy (non-hydrogen) atoms. The molecule has 0 spiro atoms. The van der Waals surface area contributed by atoms with Crippen LogP contribution >= 0.6 is 0 Å². The summed E-state index contributed by atoms with van der Waals surface area (Å²) in [4.78, 5) is 23.0. The Kier molecular flexibility index (Phi) is 4.33.